The molecule has 1 N–H and O–H groups in total. The minimum Gasteiger partial charge on any atom is -0.391 e. The van der Waals surface area contributed by atoms with Crippen LogP contribution in [-0.4, -0.2) is 10.3 Å². The van der Waals surface area contributed by atoms with E-state index in [1.54, 1.807) is 26.0 Å². The molecule has 16 heavy (non-hydrogen) atoms. The monoisotopic (exact) mass is 221 g/mol. The highest BCUT2D eigenvalue weighted by atomic mass is 19.1. The highest BCUT2D eigenvalue weighted by Crippen LogP contribution is 2.26. The van der Waals surface area contributed by atoms with Crippen LogP contribution >= 0.6 is 0 Å². The van der Waals surface area contributed by atoms with Gasteiger partial charge in [-0.3, -0.25) is 0 Å². The number of aliphatic hydroxyl groups excluding tert-OH is 1. The number of aromatic nitrogens is 1. The lowest BCUT2D eigenvalue weighted by Crippen LogP contribution is -1.90. The quantitative estimate of drug-likeness (QED) is 0.847. The summed E-state index contributed by atoms with van der Waals surface area (Å²) in [7, 11) is 0. The molecule has 2 aromatic rings. The van der Waals surface area contributed by atoms with Crippen LogP contribution in [0.5, 0.6) is 0 Å². The van der Waals surface area contributed by atoms with Crippen molar-refractivity contribution in [1.82, 2.24) is 5.16 Å². The van der Waals surface area contributed by atoms with Gasteiger partial charge in [0.2, 0.25) is 0 Å². The summed E-state index contributed by atoms with van der Waals surface area (Å²) in [5.41, 5.74) is 2.51. The van der Waals surface area contributed by atoms with E-state index in [9.17, 15) is 9.50 Å². The molecule has 0 atom stereocenters. The Morgan fingerprint density at radius 1 is 1.38 bits per heavy atom. The van der Waals surface area contributed by atoms with Crippen LogP contribution < -0.4 is 0 Å². The zero-order valence-corrected chi connectivity index (χ0v) is 9.12. The van der Waals surface area contributed by atoms with Gasteiger partial charge in [0.1, 0.15) is 17.3 Å². The van der Waals surface area contributed by atoms with Gasteiger partial charge in [-0.1, -0.05) is 5.16 Å². The summed E-state index contributed by atoms with van der Waals surface area (Å²) in [5, 5.41) is 13.1. The number of rotatable bonds is 2. The second-order valence-electron chi connectivity index (χ2n) is 3.69. The van der Waals surface area contributed by atoms with Gasteiger partial charge in [0.05, 0.1) is 6.61 Å². The predicted molar refractivity (Wildman–Crippen MR) is 57.3 cm³/mol. The van der Waals surface area contributed by atoms with Gasteiger partial charge in [0.25, 0.3) is 0 Å². The molecule has 1 aromatic carbocycles. The molecule has 0 saturated heterocycles. The lowest BCUT2D eigenvalue weighted by atomic mass is 10.0. The van der Waals surface area contributed by atoms with E-state index in [1.165, 1.54) is 6.07 Å². The first-order valence-corrected chi connectivity index (χ1v) is 4.96. The Kier molecular flexibility index (Phi) is 2.75. The molecule has 84 valence electrons. The van der Waals surface area contributed by atoms with Crippen LogP contribution in [0.4, 0.5) is 4.39 Å². The summed E-state index contributed by atoms with van der Waals surface area (Å²) in [4.78, 5) is 0. The third-order valence-electron chi connectivity index (χ3n) is 2.57. The molecule has 2 rings (SSSR count). The van der Waals surface area contributed by atoms with Gasteiger partial charge < -0.3 is 9.63 Å². The topological polar surface area (TPSA) is 46.3 Å². The molecule has 0 aliphatic heterocycles. The fourth-order valence-electron chi connectivity index (χ4n) is 1.60. The van der Waals surface area contributed by atoms with E-state index < -0.39 is 0 Å². The van der Waals surface area contributed by atoms with Crippen LogP contribution in [0, 0.1) is 19.7 Å². The molecule has 3 nitrogen and oxygen atoms in total. The van der Waals surface area contributed by atoms with Crippen molar-refractivity contribution in [3.63, 3.8) is 0 Å². The molecular weight excluding hydrogens is 209 g/mol. The van der Waals surface area contributed by atoms with E-state index in [1.807, 2.05) is 0 Å². The van der Waals surface area contributed by atoms with Crippen LogP contribution in [0.15, 0.2) is 22.7 Å². The van der Waals surface area contributed by atoms with Crippen molar-refractivity contribution >= 4 is 0 Å². The van der Waals surface area contributed by atoms with Crippen LogP contribution in [0.3, 0.4) is 0 Å². The third kappa shape index (κ3) is 1.72. The van der Waals surface area contributed by atoms with Crippen molar-refractivity contribution in [3.8, 4) is 11.3 Å². The normalized spacial score (nSPS) is 10.8. The molecular formula is C12H12FNO2. The average Bonchev–Trinajstić information content (AvgIpc) is 2.63. The van der Waals surface area contributed by atoms with E-state index in [-0.39, 0.29) is 12.4 Å². The number of aliphatic hydroxyl groups is 1. The molecule has 0 bridgehead atoms. The van der Waals surface area contributed by atoms with Crippen molar-refractivity contribution in [2.24, 2.45) is 0 Å². The first-order chi connectivity index (χ1) is 7.63. The Morgan fingerprint density at radius 2 is 2.12 bits per heavy atom. The summed E-state index contributed by atoms with van der Waals surface area (Å²) >= 11 is 0. The van der Waals surface area contributed by atoms with Gasteiger partial charge in [0.15, 0.2) is 0 Å². The molecule has 1 aromatic heterocycles. The lowest BCUT2D eigenvalue weighted by Gasteiger charge is -2.01. The Balaban J connectivity index is 2.54. The van der Waals surface area contributed by atoms with E-state index >= 15 is 0 Å². The second kappa shape index (κ2) is 4.06. The molecule has 0 aliphatic carbocycles. The molecule has 1 heterocycles. The van der Waals surface area contributed by atoms with Crippen molar-refractivity contribution in [2.45, 2.75) is 20.5 Å². The number of hydrogen-bond acceptors (Lipinski definition) is 3. The van der Waals surface area contributed by atoms with Crippen LogP contribution in [0.2, 0.25) is 0 Å². The summed E-state index contributed by atoms with van der Waals surface area (Å²) in [6.45, 7) is 3.28. The lowest BCUT2D eigenvalue weighted by molar-refractivity contribution is 0.278. The molecule has 0 spiro atoms. The fourth-order valence-corrected chi connectivity index (χ4v) is 1.60. The van der Waals surface area contributed by atoms with E-state index in [2.05, 4.69) is 5.16 Å². The average molecular weight is 221 g/mol. The van der Waals surface area contributed by atoms with Crippen LogP contribution in [0.1, 0.15) is 16.9 Å². The summed E-state index contributed by atoms with van der Waals surface area (Å²) in [6, 6.07) is 4.69. The van der Waals surface area contributed by atoms with Gasteiger partial charge >= 0.3 is 0 Å². The minimum absolute atomic E-state index is 0.138. The van der Waals surface area contributed by atoms with Gasteiger partial charge in [-0.15, -0.1) is 0 Å². The summed E-state index contributed by atoms with van der Waals surface area (Å²) in [5.74, 6) is 0.328. The first kappa shape index (κ1) is 10.8. The Morgan fingerprint density at radius 3 is 2.75 bits per heavy atom. The number of nitrogens with zero attached hydrogens (tertiary/aromatic N) is 1. The van der Waals surface area contributed by atoms with E-state index in [4.69, 9.17) is 4.52 Å². The standard InChI is InChI=1S/C12H12FNO2/c1-7-5-9(3-4-11(7)13)12-10(6-15)8(2)16-14-12/h3-5,15H,6H2,1-2H3. The van der Waals surface area contributed by atoms with E-state index in [0.29, 0.717) is 22.6 Å². The van der Waals surface area contributed by atoms with Gasteiger partial charge in [0, 0.05) is 11.1 Å². The number of aryl methyl sites for hydroxylation is 2. The zero-order valence-electron chi connectivity index (χ0n) is 9.12. The number of benzene rings is 1. The molecule has 0 saturated carbocycles. The van der Waals surface area contributed by atoms with Crippen molar-refractivity contribution in [3.05, 3.63) is 40.9 Å². The molecule has 0 unspecified atom stereocenters. The maximum absolute atomic E-state index is 13.1. The van der Waals surface area contributed by atoms with Crippen molar-refractivity contribution in [2.75, 3.05) is 0 Å². The van der Waals surface area contributed by atoms with Crippen LogP contribution in [0.25, 0.3) is 11.3 Å². The number of halogens is 1. The summed E-state index contributed by atoms with van der Waals surface area (Å²) < 4.78 is 18.1. The highest BCUT2D eigenvalue weighted by molar-refractivity contribution is 5.64. The Hall–Kier alpha value is -1.68. The molecule has 4 heteroatoms. The molecule has 0 amide bonds. The first-order valence-electron chi connectivity index (χ1n) is 4.96. The van der Waals surface area contributed by atoms with Gasteiger partial charge in [-0.25, -0.2) is 4.39 Å². The Bertz CT molecular complexity index is 520. The van der Waals surface area contributed by atoms with Gasteiger partial charge in [-0.05, 0) is 37.6 Å². The van der Waals surface area contributed by atoms with Crippen molar-refractivity contribution in [1.29, 1.82) is 0 Å². The fraction of sp³-hybridized carbons (Fsp3) is 0.250. The maximum Gasteiger partial charge on any atom is 0.139 e. The van der Waals surface area contributed by atoms with Crippen molar-refractivity contribution < 1.29 is 14.0 Å². The van der Waals surface area contributed by atoms with Crippen LogP contribution in [-0.2, 0) is 6.61 Å². The minimum atomic E-state index is -0.255. The zero-order chi connectivity index (χ0) is 11.7. The predicted octanol–water partition coefficient (Wildman–Crippen LogP) is 2.59. The highest BCUT2D eigenvalue weighted by Gasteiger charge is 2.14. The smallest absolute Gasteiger partial charge is 0.139 e. The molecule has 0 fully saturated rings. The number of hydrogen-bond donors (Lipinski definition) is 1. The Labute approximate surface area is 92.5 Å². The third-order valence-corrected chi connectivity index (χ3v) is 2.57. The SMILES string of the molecule is Cc1cc(-c2noc(C)c2CO)ccc1F. The largest absolute Gasteiger partial charge is 0.391 e. The molecule has 0 aliphatic rings. The van der Waals surface area contributed by atoms with Gasteiger partial charge in [-0.2, -0.15) is 0 Å². The second-order valence-corrected chi connectivity index (χ2v) is 3.69. The maximum atomic E-state index is 13.1. The molecule has 0 radical (unpaired) electrons. The summed E-state index contributed by atoms with van der Waals surface area (Å²) in [6.07, 6.45) is 0. The van der Waals surface area contributed by atoms with E-state index in [0.717, 1.165) is 5.56 Å².